The number of alkyl halides is 1. The molecule has 16 heavy (non-hydrogen) atoms. The molecular formula is C11H12BrN3O. The van der Waals surface area contributed by atoms with Gasteiger partial charge in [0.2, 0.25) is 0 Å². The lowest BCUT2D eigenvalue weighted by Crippen LogP contribution is -1.98. The van der Waals surface area contributed by atoms with Crippen LogP contribution < -0.4 is 4.74 Å². The standard InChI is InChI=1S/C11H12BrN3O/c1-15-7-10(13-14-15)8-16-11-5-3-2-4-9(11)6-12/h2-5,7H,6,8H2,1H3. The molecule has 0 atom stereocenters. The molecule has 0 bridgehead atoms. The van der Waals surface area contributed by atoms with Crippen LogP contribution in [0.25, 0.3) is 0 Å². The zero-order valence-corrected chi connectivity index (χ0v) is 10.5. The van der Waals surface area contributed by atoms with E-state index in [0.717, 1.165) is 22.3 Å². The van der Waals surface area contributed by atoms with Crippen molar-refractivity contribution in [2.45, 2.75) is 11.9 Å². The third-order valence-electron chi connectivity index (χ3n) is 2.14. The Morgan fingerprint density at radius 3 is 2.88 bits per heavy atom. The number of hydrogen-bond donors (Lipinski definition) is 0. The second-order valence-corrected chi connectivity index (χ2v) is 3.97. The molecule has 0 aliphatic carbocycles. The van der Waals surface area contributed by atoms with Crippen LogP contribution in [-0.4, -0.2) is 15.0 Å². The molecule has 0 N–H and O–H groups in total. The van der Waals surface area contributed by atoms with Crippen molar-refractivity contribution in [3.63, 3.8) is 0 Å². The third kappa shape index (κ3) is 2.61. The summed E-state index contributed by atoms with van der Waals surface area (Å²) in [6, 6.07) is 7.93. The summed E-state index contributed by atoms with van der Waals surface area (Å²) < 4.78 is 7.34. The Morgan fingerprint density at radius 1 is 1.38 bits per heavy atom. The molecule has 0 spiro atoms. The molecule has 1 aromatic carbocycles. The van der Waals surface area contributed by atoms with Gasteiger partial charge < -0.3 is 4.74 Å². The summed E-state index contributed by atoms with van der Waals surface area (Å²) in [6.45, 7) is 0.442. The first-order valence-corrected chi connectivity index (χ1v) is 6.03. The molecule has 0 saturated heterocycles. The van der Waals surface area contributed by atoms with Gasteiger partial charge in [-0.2, -0.15) is 0 Å². The number of halogens is 1. The molecule has 5 heteroatoms. The first-order valence-electron chi connectivity index (χ1n) is 4.91. The molecule has 4 nitrogen and oxygen atoms in total. The molecule has 0 fully saturated rings. The molecule has 0 amide bonds. The topological polar surface area (TPSA) is 39.9 Å². The molecule has 0 radical (unpaired) electrons. The molecule has 2 rings (SSSR count). The fourth-order valence-corrected chi connectivity index (χ4v) is 1.83. The quantitative estimate of drug-likeness (QED) is 0.808. The van der Waals surface area contributed by atoms with E-state index in [-0.39, 0.29) is 0 Å². The molecule has 0 saturated carbocycles. The van der Waals surface area contributed by atoms with E-state index >= 15 is 0 Å². The van der Waals surface area contributed by atoms with Gasteiger partial charge in [0.15, 0.2) is 0 Å². The minimum Gasteiger partial charge on any atom is -0.487 e. The number of aromatic nitrogens is 3. The molecule has 1 heterocycles. The van der Waals surface area contributed by atoms with Gasteiger partial charge in [0.25, 0.3) is 0 Å². The molecular weight excluding hydrogens is 270 g/mol. The molecule has 84 valence electrons. The van der Waals surface area contributed by atoms with Crippen molar-refractivity contribution in [1.82, 2.24) is 15.0 Å². The lowest BCUT2D eigenvalue weighted by atomic mass is 10.2. The van der Waals surface area contributed by atoms with Crippen molar-refractivity contribution in [3.8, 4) is 5.75 Å². The Morgan fingerprint density at radius 2 is 2.19 bits per heavy atom. The lowest BCUT2D eigenvalue weighted by Gasteiger charge is -2.07. The van der Waals surface area contributed by atoms with Crippen LogP contribution in [-0.2, 0) is 19.0 Å². The molecule has 0 aliphatic rings. The van der Waals surface area contributed by atoms with E-state index in [1.165, 1.54) is 0 Å². The fourth-order valence-electron chi connectivity index (χ4n) is 1.37. The highest BCUT2D eigenvalue weighted by atomic mass is 79.9. The fraction of sp³-hybridized carbons (Fsp3) is 0.273. The summed E-state index contributed by atoms with van der Waals surface area (Å²) >= 11 is 3.43. The van der Waals surface area contributed by atoms with Crippen molar-refractivity contribution in [2.24, 2.45) is 7.05 Å². The second kappa shape index (κ2) is 5.12. The molecule has 1 aromatic heterocycles. The van der Waals surface area contributed by atoms with Crippen molar-refractivity contribution in [3.05, 3.63) is 41.7 Å². The Hall–Kier alpha value is -1.36. The number of para-hydroxylation sites is 1. The first-order chi connectivity index (χ1) is 7.79. The number of hydrogen-bond acceptors (Lipinski definition) is 3. The monoisotopic (exact) mass is 281 g/mol. The van der Waals surface area contributed by atoms with Gasteiger partial charge in [0.1, 0.15) is 18.1 Å². The van der Waals surface area contributed by atoms with E-state index < -0.39 is 0 Å². The summed E-state index contributed by atoms with van der Waals surface area (Å²) in [5.74, 6) is 0.880. The lowest BCUT2D eigenvalue weighted by molar-refractivity contribution is 0.299. The summed E-state index contributed by atoms with van der Waals surface area (Å²) in [6.07, 6.45) is 1.84. The summed E-state index contributed by atoms with van der Waals surface area (Å²) in [4.78, 5) is 0. The predicted molar refractivity (Wildman–Crippen MR) is 64.4 cm³/mol. The normalized spacial score (nSPS) is 10.4. The maximum absolute atomic E-state index is 5.68. The first kappa shape index (κ1) is 11.1. The second-order valence-electron chi connectivity index (χ2n) is 3.41. The van der Waals surface area contributed by atoms with Crippen molar-refractivity contribution >= 4 is 15.9 Å². The van der Waals surface area contributed by atoms with Crippen LogP contribution in [0.2, 0.25) is 0 Å². The molecule has 0 unspecified atom stereocenters. The highest BCUT2D eigenvalue weighted by molar-refractivity contribution is 9.08. The maximum Gasteiger partial charge on any atom is 0.134 e. The van der Waals surface area contributed by atoms with Crippen molar-refractivity contribution < 1.29 is 4.74 Å². The third-order valence-corrected chi connectivity index (χ3v) is 2.75. The zero-order chi connectivity index (χ0) is 11.4. The molecule has 2 aromatic rings. The van der Waals surface area contributed by atoms with E-state index in [9.17, 15) is 0 Å². The zero-order valence-electron chi connectivity index (χ0n) is 8.93. The maximum atomic E-state index is 5.68. The Bertz CT molecular complexity index is 470. The average molecular weight is 282 g/mol. The minimum atomic E-state index is 0.442. The Kier molecular flexibility index (Phi) is 3.56. The highest BCUT2D eigenvalue weighted by Gasteiger charge is 2.03. The minimum absolute atomic E-state index is 0.442. The number of aryl methyl sites for hydroxylation is 1. The summed E-state index contributed by atoms with van der Waals surface area (Å²) in [5, 5.41) is 8.59. The SMILES string of the molecule is Cn1cc(COc2ccccc2CBr)nn1. The molecule has 0 aliphatic heterocycles. The number of nitrogens with zero attached hydrogens (tertiary/aromatic N) is 3. The van der Waals surface area contributed by atoms with E-state index in [1.807, 2.05) is 37.5 Å². The van der Waals surface area contributed by atoms with Crippen LogP contribution in [0, 0.1) is 0 Å². The van der Waals surface area contributed by atoms with Crippen LogP contribution >= 0.6 is 15.9 Å². The van der Waals surface area contributed by atoms with Crippen LogP contribution in [0.1, 0.15) is 11.3 Å². The van der Waals surface area contributed by atoms with E-state index in [1.54, 1.807) is 4.68 Å². The Balaban J connectivity index is 2.04. The summed E-state index contributed by atoms with van der Waals surface area (Å²) in [7, 11) is 1.84. The van der Waals surface area contributed by atoms with Gasteiger partial charge in [-0.1, -0.05) is 39.3 Å². The Labute approximate surface area is 102 Å². The number of benzene rings is 1. The largest absolute Gasteiger partial charge is 0.487 e. The van der Waals surface area contributed by atoms with E-state index in [2.05, 4.69) is 26.2 Å². The van der Waals surface area contributed by atoms with Gasteiger partial charge in [-0.3, -0.25) is 4.68 Å². The van der Waals surface area contributed by atoms with Crippen LogP contribution in [0.4, 0.5) is 0 Å². The van der Waals surface area contributed by atoms with Crippen molar-refractivity contribution in [2.75, 3.05) is 0 Å². The van der Waals surface area contributed by atoms with Crippen LogP contribution in [0.15, 0.2) is 30.5 Å². The van der Waals surface area contributed by atoms with Gasteiger partial charge in [0, 0.05) is 17.9 Å². The van der Waals surface area contributed by atoms with Gasteiger partial charge in [-0.25, -0.2) is 0 Å². The van der Waals surface area contributed by atoms with Crippen LogP contribution in [0.3, 0.4) is 0 Å². The van der Waals surface area contributed by atoms with Gasteiger partial charge in [-0.05, 0) is 6.07 Å². The van der Waals surface area contributed by atoms with Gasteiger partial charge >= 0.3 is 0 Å². The van der Waals surface area contributed by atoms with Crippen molar-refractivity contribution in [1.29, 1.82) is 0 Å². The van der Waals surface area contributed by atoms with Gasteiger partial charge in [-0.15, -0.1) is 5.10 Å². The van der Waals surface area contributed by atoms with Crippen LogP contribution in [0.5, 0.6) is 5.75 Å². The van der Waals surface area contributed by atoms with E-state index in [4.69, 9.17) is 4.74 Å². The smallest absolute Gasteiger partial charge is 0.134 e. The predicted octanol–water partition coefficient (Wildman–Crippen LogP) is 2.29. The van der Waals surface area contributed by atoms with E-state index in [0.29, 0.717) is 6.61 Å². The summed E-state index contributed by atoms with van der Waals surface area (Å²) in [5.41, 5.74) is 1.96. The average Bonchev–Trinajstić information content (AvgIpc) is 2.73. The number of rotatable bonds is 4. The number of ether oxygens (including phenoxy) is 1. The highest BCUT2D eigenvalue weighted by Crippen LogP contribution is 2.21. The van der Waals surface area contributed by atoms with Gasteiger partial charge in [0.05, 0.1) is 6.20 Å².